The summed E-state index contributed by atoms with van der Waals surface area (Å²) in [5.74, 6) is 0. The summed E-state index contributed by atoms with van der Waals surface area (Å²) in [5.41, 5.74) is 0.875. The Morgan fingerprint density at radius 3 is 2.93 bits per heavy atom. The monoisotopic (exact) mass is 208 g/mol. The molecule has 0 aliphatic heterocycles. The van der Waals surface area contributed by atoms with E-state index in [9.17, 15) is 10.1 Å². The van der Waals surface area contributed by atoms with Crippen LogP contribution in [-0.4, -0.2) is 4.92 Å². The fourth-order valence-electron chi connectivity index (χ4n) is 0.904. The molecule has 0 aliphatic rings. The van der Waals surface area contributed by atoms with Crippen LogP contribution in [0.4, 0.5) is 0 Å². The lowest BCUT2D eigenvalue weighted by Gasteiger charge is -1.96. The van der Waals surface area contributed by atoms with E-state index in [1.165, 1.54) is 6.07 Å². The molecule has 0 unspecified atom stereocenters. The Morgan fingerprint density at radius 1 is 1.64 bits per heavy atom. The number of hydrogen-bond donors (Lipinski definition) is 0. The van der Waals surface area contributed by atoms with Crippen LogP contribution in [0, 0.1) is 21.4 Å². The molecule has 0 heterocycles. The summed E-state index contributed by atoms with van der Waals surface area (Å²) in [6.07, 6.45) is 0.693. The summed E-state index contributed by atoms with van der Waals surface area (Å²) in [7, 11) is 0. The molecular weight excluding hydrogens is 204 g/mol. The van der Waals surface area contributed by atoms with Crippen molar-refractivity contribution in [2.24, 2.45) is 0 Å². The molecule has 0 aromatic heterocycles. The first kappa shape index (κ1) is 10.2. The van der Waals surface area contributed by atoms with E-state index in [-0.39, 0.29) is 5.03 Å². The van der Waals surface area contributed by atoms with Crippen LogP contribution < -0.4 is 0 Å². The number of nitriles is 1. The van der Waals surface area contributed by atoms with Gasteiger partial charge in [0.05, 0.1) is 16.6 Å². The molecule has 0 N–H and O–H groups in total. The van der Waals surface area contributed by atoms with E-state index in [2.05, 4.69) is 0 Å². The summed E-state index contributed by atoms with van der Waals surface area (Å²) in [4.78, 5) is 9.48. The topological polar surface area (TPSA) is 66.9 Å². The molecule has 70 valence electrons. The minimum Gasteiger partial charge on any atom is -0.259 e. The molecule has 0 spiro atoms. The first-order valence-corrected chi connectivity index (χ1v) is 4.02. The predicted molar refractivity (Wildman–Crippen MR) is 52.0 cm³/mol. The van der Waals surface area contributed by atoms with Crippen LogP contribution in [0.25, 0.3) is 5.03 Å². The van der Waals surface area contributed by atoms with Crippen LogP contribution in [0.15, 0.2) is 30.5 Å². The van der Waals surface area contributed by atoms with E-state index in [1.54, 1.807) is 18.2 Å². The van der Waals surface area contributed by atoms with Crippen molar-refractivity contribution in [2.75, 3.05) is 0 Å². The maximum absolute atomic E-state index is 10.1. The lowest BCUT2D eigenvalue weighted by Crippen LogP contribution is -1.86. The zero-order valence-corrected chi connectivity index (χ0v) is 7.73. The van der Waals surface area contributed by atoms with Gasteiger partial charge in [0.15, 0.2) is 0 Å². The van der Waals surface area contributed by atoms with Gasteiger partial charge in [-0.25, -0.2) is 0 Å². The van der Waals surface area contributed by atoms with Gasteiger partial charge in [-0.15, -0.1) is 0 Å². The van der Waals surface area contributed by atoms with Gasteiger partial charge in [0.1, 0.15) is 5.03 Å². The van der Waals surface area contributed by atoms with E-state index in [0.717, 1.165) is 0 Å². The Balaban J connectivity index is 3.09. The zero-order chi connectivity index (χ0) is 10.6. The van der Waals surface area contributed by atoms with Crippen LogP contribution in [0.3, 0.4) is 0 Å². The lowest BCUT2D eigenvalue weighted by atomic mass is 10.1. The maximum Gasteiger partial charge on any atom is 0.253 e. The normalized spacial score (nSPS) is 10.7. The van der Waals surface area contributed by atoms with Gasteiger partial charge in [-0.3, -0.25) is 10.1 Å². The zero-order valence-electron chi connectivity index (χ0n) is 6.98. The highest BCUT2D eigenvalue weighted by molar-refractivity contribution is 6.48. The molecule has 0 radical (unpaired) electrons. The molecule has 0 aliphatic carbocycles. The molecule has 0 fully saturated rings. The van der Waals surface area contributed by atoms with Crippen molar-refractivity contribution in [3.63, 3.8) is 0 Å². The van der Waals surface area contributed by atoms with Gasteiger partial charge >= 0.3 is 0 Å². The molecule has 0 saturated carbocycles. The van der Waals surface area contributed by atoms with Crippen molar-refractivity contribution in [3.05, 3.63) is 51.7 Å². The van der Waals surface area contributed by atoms with Crippen molar-refractivity contribution < 1.29 is 4.92 Å². The third-order valence-corrected chi connectivity index (χ3v) is 1.80. The van der Waals surface area contributed by atoms with E-state index in [1.807, 2.05) is 6.07 Å². The van der Waals surface area contributed by atoms with E-state index in [4.69, 9.17) is 16.9 Å². The molecule has 0 amide bonds. The van der Waals surface area contributed by atoms with Gasteiger partial charge in [-0.2, -0.15) is 5.26 Å². The third kappa shape index (κ3) is 2.57. The van der Waals surface area contributed by atoms with Crippen LogP contribution in [-0.2, 0) is 0 Å². The molecule has 0 bridgehead atoms. The van der Waals surface area contributed by atoms with E-state index in [0.29, 0.717) is 17.3 Å². The number of halogens is 1. The standard InChI is InChI=1S/C9H5ClN2O2/c10-9(6-12(13)14)8-3-1-2-7(4-8)5-11/h1-4,6H/b9-6+. The second kappa shape index (κ2) is 4.40. The second-order valence-electron chi connectivity index (χ2n) is 2.45. The number of nitrogens with zero attached hydrogens (tertiary/aromatic N) is 2. The first-order chi connectivity index (χ1) is 6.63. The number of nitro groups is 1. The smallest absolute Gasteiger partial charge is 0.253 e. The molecule has 0 atom stereocenters. The molecule has 5 heteroatoms. The van der Waals surface area contributed by atoms with Crippen LogP contribution >= 0.6 is 11.6 Å². The molecular formula is C9H5ClN2O2. The number of hydrogen-bond acceptors (Lipinski definition) is 3. The van der Waals surface area contributed by atoms with Crippen molar-refractivity contribution in [2.45, 2.75) is 0 Å². The number of rotatable bonds is 2. The maximum atomic E-state index is 10.1. The summed E-state index contributed by atoms with van der Waals surface area (Å²) < 4.78 is 0. The molecule has 0 saturated heterocycles. The fraction of sp³-hybridized carbons (Fsp3) is 0. The van der Waals surface area contributed by atoms with Gasteiger partial charge in [0.25, 0.3) is 6.20 Å². The van der Waals surface area contributed by atoms with E-state index >= 15 is 0 Å². The summed E-state index contributed by atoms with van der Waals surface area (Å²) in [6, 6.07) is 8.22. The summed E-state index contributed by atoms with van der Waals surface area (Å²) >= 11 is 5.64. The quantitative estimate of drug-likeness (QED) is 0.554. The van der Waals surface area contributed by atoms with Gasteiger partial charge in [0.2, 0.25) is 0 Å². The van der Waals surface area contributed by atoms with Crippen molar-refractivity contribution in [3.8, 4) is 6.07 Å². The number of benzene rings is 1. The lowest BCUT2D eigenvalue weighted by molar-refractivity contribution is -0.401. The highest BCUT2D eigenvalue weighted by Crippen LogP contribution is 2.19. The highest BCUT2D eigenvalue weighted by Gasteiger charge is 2.03. The molecule has 1 rings (SSSR count). The highest BCUT2D eigenvalue weighted by atomic mass is 35.5. The van der Waals surface area contributed by atoms with Crippen molar-refractivity contribution >= 4 is 16.6 Å². The van der Waals surface area contributed by atoms with Gasteiger partial charge in [-0.05, 0) is 12.1 Å². The molecule has 1 aromatic carbocycles. The van der Waals surface area contributed by atoms with Crippen molar-refractivity contribution in [1.29, 1.82) is 5.26 Å². The Labute approximate surface area is 85.2 Å². The van der Waals surface area contributed by atoms with Gasteiger partial charge in [-0.1, -0.05) is 23.7 Å². The summed E-state index contributed by atoms with van der Waals surface area (Å²) in [6.45, 7) is 0. The average Bonchev–Trinajstić information content (AvgIpc) is 2.17. The first-order valence-electron chi connectivity index (χ1n) is 3.65. The Kier molecular flexibility index (Phi) is 3.21. The van der Waals surface area contributed by atoms with Crippen LogP contribution in [0.1, 0.15) is 11.1 Å². The minimum absolute atomic E-state index is 0.00657. The Hall–Kier alpha value is -1.86. The summed E-state index contributed by atoms with van der Waals surface area (Å²) in [5, 5.41) is 18.7. The average molecular weight is 209 g/mol. The Bertz CT molecular complexity index is 435. The molecule has 14 heavy (non-hydrogen) atoms. The largest absolute Gasteiger partial charge is 0.259 e. The Morgan fingerprint density at radius 2 is 2.36 bits per heavy atom. The molecule has 4 nitrogen and oxygen atoms in total. The van der Waals surface area contributed by atoms with Gasteiger partial charge < -0.3 is 0 Å². The predicted octanol–water partition coefficient (Wildman–Crippen LogP) is 2.37. The molecule has 1 aromatic rings. The minimum atomic E-state index is -0.638. The fourth-order valence-corrected chi connectivity index (χ4v) is 1.10. The van der Waals surface area contributed by atoms with Crippen molar-refractivity contribution in [1.82, 2.24) is 0 Å². The third-order valence-electron chi connectivity index (χ3n) is 1.49. The van der Waals surface area contributed by atoms with Gasteiger partial charge in [0, 0.05) is 5.56 Å². The van der Waals surface area contributed by atoms with Crippen LogP contribution in [0.2, 0.25) is 0 Å². The van der Waals surface area contributed by atoms with E-state index < -0.39 is 4.92 Å². The van der Waals surface area contributed by atoms with Crippen LogP contribution in [0.5, 0.6) is 0 Å². The SMILES string of the molecule is N#Cc1cccc(/C(Cl)=C\[N+](=O)[O-])c1. The second-order valence-corrected chi connectivity index (χ2v) is 2.86.